The number of nitrogens with zero attached hydrogens (tertiary/aromatic N) is 1. The van der Waals surface area contributed by atoms with Crippen molar-refractivity contribution in [1.82, 2.24) is 0 Å². The summed E-state index contributed by atoms with van der Waals surface area (Å²) in [7, 11) is 0. The molecule has 4 nitrogen and oxygen atoms in total. The van der Waals surface area contributed by atoms with Gasteiger partial charge in [-0.15, -0.1) is 0 Å². The first kappa shape index (κ1) is 21.2. The second-order valence-corrected chi connectivity index (χ2v) is 8.60. The molecule has 3 aromatic carbocycles. The molecule has 0 radical (unpaired) electrons. The van der Waals surface area contributed by atoms with Crippen LogP contribution in [0.1, 0.15) is 11.1 Å². The fraction of sp³-hybridized carbons (Fsp3) is 0.0833. The maximum absolute atomic E-state index is 14.4. The number of hydrogen-bond donors (Lipinski definition) is 1. The number of benzene rings is 3. The van der Waals surface area contributed by atoms with Crippen LogP contribution in [0.5, 0.6) is 0 Å². The molecule has 0 spiro atoms. The van der Waals surface area contributed by atoms with Gasteiger partial charge in [0.2, 0.25) is 0 Å². The van der Waals surface area contributed by atoms with E-state index in [4.69, 9.17) is 11.6 Å². The van der Waals surface area contributed by atoms with Crippen LogP contribution in [0.25, 0.3) is 0 Å². The number of thioether (sulfide) groups is 1. The van der Waals surface area contributed by atoms with Crippen LogP contribution in [0, 0.1) is 19.7 Å². The molecule has 31 heavy (non-hydrogen) atoms. The first-order valence-corrected chi connectivity index (χ1v) is 10.7. The zero-order chi connectivity index (χ0) is 22.1. The van der Waals surface area contributed by atoms with E-state index in [1.807, 2.05) is 32.0 Å². The number of hydrogen-bond acceptors (Lipinski definition) is 4. The minimum atomic E-state index is -0.646. The summed E-state index contributed by atoms with van der Waals surface area (Å²) in [5, 5.41) is 3.65. The van der Waals surface area contributed by atoms with Crippen molar-refractivity contribution in [3.63, 3.8) is 0 Å². The predicted octanol–water partition coefficient (Wildman–Crippen LogP) is 6.09. The molecule has 0 atom stereocenters. The Hall–Kier alpha value is -3.09. The van der Waals surface area contributed by atoms with Crippen molar-refractivity contribution < 1.29 is 14.0 Å². The smallest absolute Gasteiger partial charge is 0.283 e. The topological polar surface area (TPSA) is 49.4 Å². The highest BCUT2D eigenvalue weighted by Crippen LogP contribution is 2.38. The zero-order valence-corrected chi connectivity index (χ0v) is 18.4. The molecule has 1 heterocycles. The Morgan fingerprint density at radius 1 is 0.903 bits per heavy atom. The first-order valence-electron chi connectivity index (χ1n) is 9.50. The molecule has 0 fully saturated rings. The van der Waals surface area contributed by atoms with Crippen LogP contribution in [0.3, 0.4) is 0 Å². The van der Waals surface area contributed by atoms with Gasteiger partial charge in [0.1, 0.15) is 16.4 Å². The summed E-state index contributed by atoms with van der Waals surface area (Å²) in [5.41, 5.74) is 2.85. The van der Waals surface area contributed by atoms with Gasteiger partial charge < -0.3 is 5.32 Å². The third kappa shape index (κ3) is 4.22. The Labute approximate surface area is 188 Å². The van der Waals surface area contributed by atoms with Crippen LogP contribution in [0.2, 0.25) is 5.02 Å². The second kappa shape index (κ2) is 8.57. The Morgan fingerprint density at radius 3 is 2.29 bits per heavy atom. The number of rotatable bonds is 5. The standard InChI is InChI=1S/C24H18ClFN2O2S/c1-14-7-10-17(13-15(14)2)27-21-22(31-18-11-8-16(25)9-12-18)24(30)28(23(21)29)20-6-4-3-5-19(20)26/h3-13,27H,1-2H3. The number of carbonyl (C=O) groups is 2. The van der Waals surface area contributed by atoms with Gasteiger partial charge in [0, 0.05) is 15.6 Å². The Morgan fingerprint density at radius 2 is 1.61 bits per heavy atom. The predicted molar refractivity (Wildman–Crippen MR) is 123 cm³/mol. The molecular weight excluding hydrogens is 435 g/mol. The number of amides is 2. The van der Waals surface area contributed by atoms with E-state index in [0.717, 1.165) is 32.7 Å². The number of anilines is 2. The molecule has 1 aliphatic heterocycles. The van der Waals surface area contributed by atoms with Crippen LogP contribution in [-0.4, -0.2) is 11.8 Å². The summed E-state index contributed by atoms with van der Waals surface area (Å²) >= 11 is 7.09. The zero-order valence-electron chi connectivity index (χ0n) is 16.8. The number of aryl methyl sites for hydroxylation is 2. The summed E-state index contributed by atoms with van der Waals surface area (Å²) in [6, 6.07) is 18.3. The molecule has 0 saturated carbocycles. The lowest BCUT2D eigenvalue weighted by molar-refractivity contribution is -0.120. The molecular formula is C24H18ClFN2O2S. The molecule has 0 saturated heterocycles. The molecule has 1 aliphatic rings. The van der Waals surface area contributed by atoms with Crippen molar-refractivity contribution in [3.8, 4) is 0 Å². The van der Waals surface area contributed by atoms with Crippen molar-refractivity contribution in [2.24, 2.45) is 0 Å². The van der Waals surface area contributed by atoms with E-state index < -0.39 is 17.6 Å². The fourth-order valence-electron chi connectivity index (χ4n) is 3.15. The van der Waals surface area contributed by atoms with E-state index in [-0.39, 0.29) is 16.3 Å². The number of halogens is 2. The maximum Gasteiger partial charge on any atom is 0.283 e. The van der Waals surface area contributed by atoms with E-state index in [1.165, 1.54) is 18.2 Å². The monoisotopic (exact) mass is 452 g/mol. The molecule has 0 aromatic heterocycles. The van der Waals surface area contributed by atoms with Gasteiger partial charge in [0.05, 0.1) is 5.69 Å². The van der Waals surface area contributed by atoms with Crippen LogP contribution in [-0.2, 0) is 9.59 Å². The summed E-state index contributed by atoms with van der Waals surface area (Å²) in [5.74, 6) is -1.83. The molecule has 7 heteroatoms. The average Bonchev–Trinajstić information content (AvgIpc) is 2.97. The Balaban J connectivity index is 1.77. The number of para-hydroxylation sites is 1. The third-order valence-electron chi connectivity index (χ3n) is 4.94. The van der Waals surface area contributed by atoms with E-state index in [9.17, 15) is 14.0 Å². The summed E-state index contributed by atoms with van der Waals surface area (Å²) in [6.07, 6.45) is 0. The molecule has 0 bridgehead atoms. The summed E-state index contributed by atoms with van der Waals surface area (Å²) in [4.78, 5) is 28.3. The van der Waals surface area contributed by atoms with Gasteiger partial charge in [-0.05, 0) is 73.5 Å². The van der Waals surface area contributed by atoms with Gasteiger partial charge in [-0.2, -0.15) is 0 Å². The molecule has 2 amide bonds. The summed E-state index contributed by atoms with van der Waals surface area (Å²) in [6.45, 7) is 3.95. The minimum Gasteiger partial charge on any atom is -0.350 e. The summed E-state index contributed by atoms with van der Waals surface area (Å²) < 4.78 is 14.4. The lowest BCUT2D eigenvalue weighted by Crippen LogP contribution is -2.33. The lowest BCUT2D eigenvalue weighted by Gasteiger charge is -2.16. The number of nitrogens with one attached hydrogen (secondary N) is 1. The van der Waals surface area contributed by atoms with Crippen molar-refractivity contribution >= 4 is 46.6 Å². The average molecular weight is 453 g/mol. The first-order chi connectivity index (χ1) is 14.8. The minimum absolute atomic E-state index is 0.0800. The molecule has 3 aromatic rings. The van der Waals surface area contributed by atoms with Crippen molar-refractivity contribution in [1.29, 1.82) is 0 Å². The SMILES string of the molecule is Cc1ccc(NC2=C(Sc3ccc(Cl)cc3)C(=O)N(c3ccccc3F)C2=O)cc1C. The third-order valence-corrected chi connectivity index (χ3v) is 6.29. The largest absolute Gasteiger partial charge is 0.350 e. The van der Waals surface area contributed by atoms with Crippen LogP contribution >= 0.6 is 23.4 Å². The van der Waals surface area contributed by atoms with Crippen molar-refractivity contribution in [2.75, 3.05) is 10.2 Å². The van der Waals surface area contributed by atoms with E-state index in [0.29, 0.717) is 10.7 Å². The molecule has 1 N–H and O–H groups in total. The van der Waals surface area contributed by atoms with Gasteiger partial charge in [-0.25, -0.2) is 9.29 Å². The van der Waals surface area contributed by atoms with Gasteiger partial charge in [0.25, 0.3) is 11.8 Å². The van der Waals surface area contributed by atoms with E-state index in [1.54, 1.807) is 30.3 Å². The molecule has 0 aliphatic carbocycles. The highest BCUT2D eigenvalue weighted by molar-refractivity contribution is 8.04. The van der Waals surface area contributed by atoms with E-state index in [2.05, 4.69) is 5.32 Å². The highest BCUT2D eigenvalue weighted by Gasteiger charge is 2.41. The molecule has 4 rings (SSSR count). The van der Waals surface area contributed by atoms with Crippen LogP contribution in [0.4, 0.5) is 15.8 Å². The second-order valence-electron chi connectivity index (χ2n) is 7.08. The van der Waals surface area contributed by atoms with Gasteiger partial charge in [-0.1, -0.05) is 41.6 Å². The lowest BCUT2D eigenvalue weighted by atomic mass is 10.1. The van der Waals surface area contributed by atoms with Gasteiger partial charge >= 0.3 is 0 Å². The van der Waals surface area contributed by atoms with Crippen molar-refractivity contribution in [3.05, 3.63) is 99.3 Å². The normalized spacial score (nSPS) is 13.9. The quantitative estimate of drug-likeness (QED) is 0.476. The van der Waals surface area contributed by atoms with Gasteiger partial charge in [-0.3, -0.25) is 9.59 Å². The Kier molecular flexibility index (Phi) is 5.85. The van der Waals surface area contributed by atoms with Gasteiger partial charge in [0.15, 0.2) is 0 Å². The molecule has 0 unspecified atom stereocenters. The number of imide groups is 1. The number of carbonyl (C=O) groups excluding carboxylic acids is 2. The van der Waals surface area contributed by atoms with E-state index >= 15 is 0 Å². The fourth-order valence-corrected chi connectivity index (χ4v) is 4.20. The highest BCUT2D eigenvalue weighted by atomic mass is 35.5. The van der Waals surface area contributed by atoms with Crippen LogP contribution < -0.4 is 10.2 Å². The van der Waals surface area contributed by atoms with Crippen LogP contribution in [0.15, 0.2) is 82.2 Å². The Bertz CT molecular complexity index is 1220. The maximum atomic E-state index is 14.4. The van der Waals surface area contributed by atoms with Crippen molar-refractivity contribution in [2.45, 2.75) is 18.7 Å². The molecule has 156 valence electrons.